The molecule has 0 saturated heterocycles. The highest BCUT2D eigenvalue weighted by Gasteiger charge is 2.33. The number of alkyl halides is 3. The molecule has 0 radical (unpaired) electrons. The van der Waals surface area contributed by atoms with Crippen LogP contribution in [0.4, 0.5) is 13.2 Å². The normalized spacial score (nSPS) is 11.5. The Bertz CT molecular complexity index is 335. The Labute approximate surface area is 98.8 Å². The number of pyridine rings is 1. The molecule has 0 spiro atoms. The first-order valence-electron chi connectivity index (χ1n) is 3.13. The zero-order valence-corrected chi connectivity index (χ0v) is 10.0. The van der Waals surface area contributed by atoms with Crippen LogP contribution in [0.2, 0.25) is 5.15 Å². The lowest BCUT2D eigenvalue weighted by atomic mass is 10.5. The van der Waals surface area contributed by atoms with E-state index in [4.69, 9.17) is 11.6 Å². The van der Waals surface area contributed by atoms with E-state index in [1.165, 1.54) is 12.1 Å². The summed E-state index contributed by atoms with van der Waals surface area (Å²) < 4.78 is 39.3. The summed E-state index contributed by atoms with van der Waals surface area (Å²) in [6.07, 6.45) is -4.75. The van der Waals surface area contributed by atoms with Gasteiger partial charge >= 0.3 is 6.36 Å². The van der Waals surface area contributed by atoms with E-state index in [0.717, 1.165) is 8.93 Å². The molecule has 8 heteroatoms. The van der Waals surface area contributed by atoms with Crippen molar-refractivity contribution in [3.05, 3.63) is 17.3 Å². The van der Waals surface area contributed by atoms with Crippen LogP contribution < -0.4 is 4.74 Å². The summed E-state index contributed by atoms with van der Waals surface area (Å²) in [7, 11) is 1.07. The van der Waals surface area contributed by atoms with Crippen molar-refractivity contribution in [1.29, 1.82) is 0 Å². The Morgan fingerprint density at radius 2 is 2.07 bits per heavy atom. The standard InChI is InChI=1S/C6H2ClF3INOS/c7-4-2-1-3(14-11)5(12-4)13-6(8,9)10/h1-2H. The molecule has 1 aromatic rings. The van der Waals surface area contributed by atoms with Gasteiger partial charge in [-0.1, -0.05) is 11.6 Å². The second-order valence-electron chi connectivity index (χ2n) is 2.06. The molecule has 0 amide bonds. The zero-order valence-electron chi connectivity index (χ0n) is 6.31. The van der Waals surface area contributed by atoms with Gasteiger partial charge in [-0.05, 0) is 21.1 Å². The summed E-state index contributed by atoms with van der Waals surface area (Å²) in [4.78, 5) is 3.70. The first kappa shape index (κ1) is 12.2. The van der Waals surface area contributed by atoms with E-state index < -0.39 is 12.2 Å². The molecule has 78 valence electrons. The van der Waals surface area contributed by atoms with E-state index in [9.17, 15) is 13.2 Å². The van der Waals surface area contributed by atoms with Crippen LogP contribution in [0, 0.1) is 0 Å². The summed E-state index contributed by atoms with van der Waals surface area (Å²) >= 11 is 7.26. The van der Waals surface area contributed by atoms with Gasteiger partial charge in [-0.25, -0.2) is 4.98 Å². The number of hydrogen-bond acceptors (Lipinski definition) is 3. The van der Waals surface area contributed by atoms with Crippen molar-refractivity contribution in [2.75, 3.05) is 0 Å². The summed E-state index contributed by atoms with van der Waals surface area (Å²) in [6.45, 7) is 0. The minimum Gasteiger partial charge on any atom is -0.387 e. The van der Waals surface area contributed by atoms with Crippen molar-refractivity contribution in [2.24, 2.45) is 0 Å². The third-order valence-electron chi connectivity index (χ3n) is 1.09. The number of hydrogen-bond donors (Lipinski definition) is 0. The fourth-order valence-corrected chi connectivity index (χ4v) is 2.06. The highest BCUT2D eigenvalue weighted by molar-refractivity contribution is 14.2. The number of ether oxygens (including phenoxy) is 1. The fourth-order valence-electron chi connectivity index (χ4n) is 0.647. The van der Waals surface area contributed by atoms with Crippen LogP contribution in [0.5, 0.6) is 5.88 Å². The molecular formula is C6H2ClF3INOS. The minimum absolute atomic E-state index is 0.0431. The second kappa shape index (κ2) is 4.75. The Morgan fingerprint density at radius 3 is 2.57 bits per heavy atom. The van der Waals surface area contributed by atoms with E-state index in [1.807, 2.05) is 21.2 Å². The van der Waals surface area contributed by atoms with Gasteiger partial charge in [-0.2, -0.15) is 0 Å². The van der Waals surface area contributed by atoms with Gasteiger partial charge in [-0.3, -0.25) is 0 Å². The maximum absolute atomic E-state index is 11.9. The van der Waals surface area contributed by atoms with E-state index in [0.29, 0.717) is 0 Å². The molecule has 1 aromatic heterocycles. The van der Waals surface area contributed by atoms with Gasteiger partial charge in [-0.15, -0.1) is 13.2 Å². The first-order valence-corrected chi connectivity index (χ1v) is 6.87. The van der Waals surface area contributed by atoms with Crippen molar-refractivity contribution in [3.8, 4) is 5.88 Å². The van der Waals surface area contributed by atoms with Crippen LogP contribution in [0.1, 0.15) is 0 Å². The quantitative estimate of drug-likeness (QED) is 0.590. The number of nitrogens with zero attached hydrogens (tertiary/aromatic N) is 1. The third kappa shape index (κ3) is 3.70. The molecule has 0 unspecified atom stereocenters. The van der Waals surface area contributed by atoms with E-state index >= 15 is 0 Å². The lowest BCUT2D eigenvalue weighted by Gasteiger charge is -2.10. The third-order valence-corrected chi connectivity index (χ3v) is 3.20. The lowest BCUT2D eigenvalue weighted by Crippen LogP contribution is -2.18. The second-order valence-corrected chi connectivity index (χ2v) is 4.36. The molecule has 0 fully saturated rings. The predicted molar refractivity (Wildman–Crippen MR) is 55.8 cm³/mol. The van der Waals surface area contributed by atoms with Gasteiger partial charge in [0.2, 0.25) is 5.88 Å². The highest BCUT2D eigenvalue weighted by atomic mass is 127. The molecule has 2 nitrogen and oxygen atoms in total. The Kier molecular flexibility index (Phi) is 4.14. The van der Waals surface area contributed by atoms with Crippen LogP contribution in [0.15, 0.2) is 17.0 Å². The van der Waals surface area contributed by atoms with Gasteiger partial charge in [0.1, 0.15) is 5.15 Å². The molecule has 0 atom stereocenters. The SMILES string of the molecule is FC(F)(F)Oc1nc(Cl)ccc1SI. The molecule has 1 heterocycles. The van der Waals surface area contributed by atoms with Crippen LogP contribution in [0.25, 0.3) is 0 Å². The maximum Gasteiger partial charge on any atom is 0.574 e. The Balaban J connectivity index is 2.99. The van der Waals surface area contributed by atoms with Crippen molar-refractivity contribution in [2.45, 2.75) is 11.3 Å². The van der Waals surface area contributed by atoms with Crippen LogP contribution >= 0.6 is 41.7 Å². The molecule has 0 aliphatic heterocycles. The van der Waals surface area contributed by atoms with Gasteiger partial charge in [0.05, 0.1) is 4.90 Å². The van der Waals surface area contributed by atoms with Crippen LogP contribution in [0.3, 0.4) is 0 Å². The van der Waals surface area contributed by atoms with E-state index in [-0.39, 0.29) is 10.0 Å². The molecule has 0 aliphatic rings. The Hall–Kier alpha value is 0.110. The number of rotatable bonds is 2. The van der Waals surface area contributed by atoms with Gasteiger partial charge in [0.15, 0.2) is 0 Å². The Morgan fingerprint density at radius 1 is 1.43 bits per heavy atom. The molecule has 1 rings (SSSR count). The zero-order chi connectivity index (χ0) is 10.8. The van der Waals surface area contributed by atoms with Crippen molar-refractivity contribution in [1.82, 2.24) is 4.98 Å². The average molecular weight is 356 g/mol. The maximum atomic E-state index is 11.9. The van der Waals surface area contributed by atoms with Crippen molar-refractivity contribution in [3.63, 3.8) is 0 Å². The van der Waals surface area contributed by atoms with Crippen LogP contribution in [-0.2, 0) is 0 Å². The molecule has 0 bridgehead atoms. The molecule has 0 N–H and O–H groups in total. The summed E-state index contributed by atoms with van der Waals surface area (Å²) in [5.74, 6) is -0.524. The summed E-state index contributed by atoms with van der Waals surface area (Å²) in [5.41, 5.74) is 0. The monoisotopic (exact) mass is 355 g/mol. The predicted octanol–water partition coefficient (Wildman–Crippen LogP) is 4.08. The first-order chi connectivity index (χ1) is 6.42. The molecule has 0 aliphatic carbocycles. The molecular weight excluding hydrogens is 353 g/mol. The number of halogens is 5. The van der Waals surface area contributed by atoms with E-state index in [2.05, 4.69) is 9.72 Å². The van der Waals surface area contributed by atoms with Crippen LogP contribution in [-0.4, -0.2) is 11.3 Å². The van der Waals surface area contributed by atoms with Crippen molar-refractivity contribution < 1.29 is 17.9 Å². The summed E-state index contributed by atoms with van der Waals surface area (Å²) in [6, 6.07) is 2.80. The van der Waals surface area contributed by atoms with Crippen molar-refractivity contribution >= 4 is 41.7 Å². The average Bonchev–Trinajstić information content (AvgIpc) is 2.01. The smallest absolute Gasteiger partial charge is 0.387 e. The topological polar surface area (TPSA) is 22.1 Å². The van der Waals surface area contributed by atoms with E-state index in [1.54, 1.807) is 0 Å². The largest absolute Gasteiger partial charge is 0.574 e. The number of aromatic nitrogens is 1. The lowest BCUT2D eigenvalue weighted by molar-refractivity contribution is -0.277. The highest BCUT2D eigenvalue weighted by Crippen LogP contribution is 2.35. The molecule has 14 heavy (non-hydrogen) atoms. The molecule has 0 aromatic carbocycles. The minimum atomic E-state index is -4.75. The summed E-state index contributed by atoms with van der Waals surface area (Å²) in [5, 5.41) is -0.0431. The van der Waals surface area contributed by atoms with Gasteiger partial charge in [0.25, 0.3) is 0 Å². The fraction of sp³-hybridized carbons (Fsp3) is 0.167. The molecule has 0 saturated carbocycles. The van der Waals surface area contributed by atoms with Gasteiger partial charge < -0.3 is 4.74 Å². The van der Waals surface area contributed by atoms with Gasteiger partial charge in [0, 0.05) is 21.2 Å².